The maximum absolute atomic E-state index is 13.0. The second-order valence-electron chi connectivity index (χ2n) is 9.10. The fraction of sp³-hybridized carbons (Fsp3) is 0.385. The number of nitrogens with one attached hydrogen (secondary N) is 3. The summed E-state index contributed by atoms with van der Waals surface area (Å²) in [7, 11) is 0. The first-order valence-corrected chi connectivity index (χ1v) is 10.7. The highest BCUT2D eigenvalue weighted by Gasteiger charge is 2.25. The lowest BCUT2D eigenvalue weighted by molar-refractivity contribution is -0.112. The molecule has 0 saturated carbocycles. The molecule has 1 aliphatic rings. The van der Waals surface area contributed by atoms with Gasteiger partial charge in [0.2, 0.25) is 0 Å². The number of anilines is 1. The van der Waals surface area contributed by atoms with Crippen molar-refractivity contribution in [1.82, 2.24) is 5.32 Å². The minimum Gasteiger partial charge on any atom is -0.322 e. The van der Waals surface area contributed by atoms with Crippen molar-refractivity contribution in [2.45, 2.75) is 65.5 Å². The van der Waals surface area contributed by atoms with E-state index in [0.29, 0.717) is 5.57 Å². The zero-order valence-electron chi connectivity index (χ0n) is 18.7. The molecule has 0 radical (unpaired) electrons. The Bertz CT molecular complexity index is 982. The second-order valence-corrected chi connectivity index (χ2v) is 9.10. The van der Waals surface area contributed by atoms with E-state index in [0.717, 1.165) is 29.7 Å². The zero-order chi connectivity index (χ0) is 21.9. The highest BCUT2D eigenvalue weighted by Crippen LogP contribution is 2.33. The molecule has 0 saturated heterocycles. The average Bonchev–Trinajstić information content (AvgIpc) is 2.68. The summed E-state index contributed by atoms with van der Waals surface area (Å²) >= 11 is 0. The van der Waals surface area contributed by atoms with Crippen LogP contribution in [0, 0.1) is 12.3 Å². The Morgan fingerprint density at radius 2 is 1.90 bits per heavy atom. The van der Waals surface area contributed by atoms with Crippen molar-refractivity contribution in [2.75, 3.05) is 5.32 Å². The van der Waals surface area contributed by atoms with Crippen LogP contribution in [0.25, 0.3) is 0 Å². The predicted octanol–water partition coefficient (Wildman–Crippen LogP) is 5.71. The molecular formula is C26H33N3O. The van der Waals surface area contributed by atoms with Crippen LogP contribution in [-0.2, 0) is 11.2 Å². The number of benzene rings is 2. The van der Waals surface area contributed by atoms with E-state index < -0.39 is 0 Å². The van der Waals surface area contributed by atoms with Gasteiger partial charge in [-0.15, -0.1) is 0 Å². The van der Waals surface area contributed by atoms with Gasteiger partial charge in [-0.1, -0.05) is 36.4 Å². The molecule has 2 aromatic carbocycles. The Hall–Kier alpha value is -2.72. The Morgan fingerprint density at radius 1 is 1.17 bits per heavy atom. The Morgan fingerprint density at radius 3 is 2.57 bits per heavy atom. The van der Waals surface area contributed by atoms with Gasteiger partial charge in [0, 0.05) is 22.8 Å². The quantitative estimate of drug-likeness (QED) is 0.442. The molecule has 1 aliphatic carbocycles. The van der Waals surface area contributed by atoms with Crippen LogP contribution in [0.2, 0.25) is 0 Å². The summed E-state index contributed by atoms with van der Waals surface area (Å²) in [6, 6.07) is 14.2. The minimum atomic E-state index is -0.248. The number of carbonyl (C=O) groups is 1. The summed E-state index contributed by atoms with van der Waals surface area (Å²) in [5, 5.41) is 15.3. The van der Waals surface area contributed by atoms with E-state index in [1.54, 1.807) is 13.0 Å². The van der Waals surface area contributed by atoms with Crippen LogP contribution in [0.15, 0.2) is 54.1 Å². The third-order valence-corrected chi connectivity index (χ3v) is 5.54. The van der Waals surface area contributed by atoms with Gasteiger partial charge >= 0.3 is 0 Å². The van der Waals surface area contributed by atoms with Gasteiger partial charge in [0.25, 0.3) is 5.91 Å². The van der Waals surface area contributed by atoms with Crippen LogP contribution >= 0.6 is 0 Å². The van der Waals surface area contributed by atoms with Gasteiger partial charge in [0.1, 0.15) is 0 Å². The number of hydrogen-bond donors (Lipinski definition) is 3. The van der Waals surface area contributed by atoms with E-state index in [9.17, 15) is 4.79 Å². The van der Waals surface area contributed by atoms with E-state index in [-0.39, 0.29) is 23.2 Å². The van der Waals surface area contributed by atoms with Gasteiger partial charge in [-0.05, 0) is 82.7 Å². The molecule has 1 amide bonds. The smallest absolute Gasteiger partial charge is 0.257 e. The van der Waals surface area contributed by atoms with Crippen LogP contribution in [-0.4, -0.2) is 17.2 Å². The number of amides is 1. The summed E-state index contributed by atoms with van der Waals surface area (Å²) in [6.07, 6.45) is 5.05. The van der Waals surface area contributed by atoms with Crippen LogP contribution < -0.4 is 10.6 Å². The standard InChI is InChI=1S/C26H33N3O/c1-6-20(24(27)21-12-8-7-10-17(21)2)25(30)28-19-15-14-18-11-9-13-23(22(18)16-19)29-26(3,4)5/h6-8,10,12,14-16,23,27,29H,9,11,13H2,1-5H3,(H,28,30)/b20-6+,27-24?. The lowest BCUT2D eigenvalue weighted by Crippen LogP contribution is -2.40. The molecule has 158 valence electrons. The summed E-state index contributed by atoms with van der Waals surface area (Å²) in [4.78, 5) is 13.0. The van der Waals surface area contributed by atoms with Crippen LogP contribution in [0.1, 0.15) is 68.8 Å². The maximum atomic E-state index is 13.0. The molecule has 3 rings (SSSR count). The average molecular weight is 404 g/mol. The largest absolute Gasteiger partial charge is 0.322 e. The molecule has 0 aliphatic heterocycles. The molecule has 0 bridgehead atoms. The van der Waals surface area contributed by atoms with Gasteiger partial charge in [0.05, 0.1) is 11.3 Å². The summed E-state index contributed by atoms with van der Waals surface area (Å²) < 4.78 is 0. The maximum Gasteiger partial charge on any atom is 0.257 e. The van der Waals surface area contributed by atoms with Crippen LogP contribution in [0.5, 0.6) is 0 Å². The van der Waals surface area contributed by atoms with Gasteiger partial charge in [-0.25, -0.2) is 0 Å². The molecular weight excluding hydrogens is 370 g/mol. The Labute approximate surface area is 180 Å². The summed E-state index contributed by atoms with van der Waals surface area (Å²) in [5.41, 5.74) is 5.81. The number of carbonyl (C=O) groups excluding carboxylic acids is 1. The number of aryl methyl sites for hydroxylation is 2. The molecule has 0 spiro atoms. The second kappa shape index (κ2) is 8.97. The summed E-state index contributed by atoms with van der Waals surface area (Å²) in [5.74, 6) is -0.248. The van der Waals surface area contributed by atoms with Crippen molar-refractivity contribution in [3.8, 4) is 0 Å². The molecule has 0 heterocycles. The molecule has 0 aromatic heterocycles. The zero-order valence-corrected chi connectivity index (χ0v) is 18.7. The monoisotopic (exact) mass is 403 g/mol. The van der Waals surface area contributed by atoms with Gasteiger partial charge in [0.15, 0.2) is 0 Å². The highest BCUT2D eigenvalue weighted by atomic mass is 16.1. The van der Waals surface area contributed by atoms with E-state index in [4.69, 9.17) is 5.41 Å². The van der Waals surface area contributed by atoms with Crippen LogP contribution in [0.4, 0.5) is 5.69 Å². The van der Waals surface area contributed by atoms with Crippen molar-refractivity contribution < 1.29 is 4.79 Å². The highest BCUT2D eigenvalue weighted by molar-refractivity contribution is 6.30. The van der Waals surface area contributed by atoms with Gasteiger partial charge in [-0.3, -0.25) is 10.2 Å². The first-order valence-electron chi connectivity index (χ1n) is 10.7. The van der Waals surface area contributed by atoms with E-state index in [2.05, 4.69) is 43.5 Å². The molecule has 3 N–H and O–H groups in total. The van der Waals surface area contributed by atoms with E-state index in [1.807, 2.05) is 37.3 Å². The third-order valence-electron chi connectivity index (χ3n) is 5.54. The lowest BCUT2D eigenvalue weighted by atomic mass is 9.86. The molecule has 0 fully saturated rings. The van der Waals surface area contributed by atoms with Crippen molar-refractivity contribution >= 4 is 17.3 Å². The van der Waals surface area contributed by atoms with Gasteiger partial charge in [-0.2, -0.15) is 0 Å². The molecule has 30 heavy (non-hydrogen) atoms. The van der Waals surface area contributed by atoms with Crippen LogP contribution in [0.3, 0.4) is 0 Å². The van der Waals surface area contributed by atoms with Crippen molar-refractivity contribution in [2.24, 2.45) is 0 Å². The Balaban J connectivity index is 1.82. The lowest BCUT2D eigenvalue weighted by Gasteiger charge is -2.33. The molecule has 4 nitrogen and oxygen atoms in total. The molecule has 1 unspecified atom stereocenters. The normalized spacial score (nSPS) is 16.7. The topological polar surface area (TPSA) is 65.0 Å². The summed E-state index contributed by atoms with van der Waals surface area (Å²) in [6.45, 7) is 10.3. The molecule has 1 atom stereocenters. The first-order chi connectivity index (χ1) is 14.2. The number of allylic oxidation sites excluding steroid dienone is 1. The van der Waals surface area contributed by atoms with Crippen molar-refractivity contribution in [3.05, 3.63) is 76.4 Å². The Kier molecular flexibility index (Phi) is 6.57. The van der Waals surface area contributed by atoms with E-state index >= 15 is 0 Å². The third kappa shape index (κ3) is 5.06. The fourth-order valence-electron chi connectivity index (χ4n) is 4.14. The molecule has 2 aromatic rings. The number of hydrogen-bond acceptors (Lipinski definition) is 3. The van der Waals surface area contributed by atoms with E-state index in [1.165, 1.54) is 17.5 Å². The number of fused-ring (bicyclic) bond motifs is 1. The molecule has 4 heteroatoms. The number of rotatable bonds is 5. The predicted molar refractivity (Wildman–Crippen MR) is 125 cm³/mol. The van der Waals surface area contributed by atoms with Crippen molar-refractivity contribution in [1.29, 1.82) is 5.41 Å². The SMILES string of the molecule is C/C=C(\C(=N)c1ccccc1C)C(=O)Nc1ccc2c(c1)C(NC(C)(C)C)CCC2. The van der Waals surface area contributed by atoms with Crippen molar-refractivity contribution in [3.63, 3.8) is 0 Å². The minimum absolute atomic E-state index is 0.0271. The van der Waals surface area contributed by atoms with Gasteiger partial charge < -0.3 is 10.6 Å². The first kappa shape index (κ1) is 22.0. The fourth-order valence-corrected chi connectivity index (χ4v) is 4.14.